The molecule has 0 saturated carbocycles. The lowest BCUT2D eigenvalue weighted by Gasteiger charge is -2.09. The maximum Gasteiger partial charge on any atom is 0.165 e. The van der Waals surface area contributed by atoms with E-state index >= 15 is 0 Å². The topological polar surface area (TPSA) is 35.2 Å². The van der Waals surface area contributed by atoms with Crippen molar-refractivity contribution in [2.24, 2.45) is 5.73 Å². The Kier molecular flexibility index (Phi) is 5.09. The quantitative estimate of drug-likeness (QED) is 0.897. The van der Waals surface area contributed by atoms with Crippen LogP contribution in [0.3, 0.4) is 0 Å². The zero-order valence-corrected chi connectivity index (χ0v) is 12.3. The van der Waals surface area contributed by atoms with E-state index in [0.717, 1.165) is 10.0 Å². The number of halogens is 3. The number of hydrogen-bond acceptors (Lipinski definition) is 2. The van der Waals surface area contributed by atoms with Crippen LogP contribution in [0.5, 0.6) is 5.75 Å². The van der Waals surface area contributed by atoms with Gasteiger partial charge in [-0.05, 0) is 48.9 Å². The molecule has 106 valence electrons. The van der Waals surface area contributed by atoms with Gasteiger partial charge in [-0.3, -0.25) is 0 Å². The molecular formula is C15H14BrF2NO. The summed E-state index contributed by atoms with van der Waals surface area (Å²) in [6.45, 7) is 0.432. The van der Waals surface area contributed by atoms with E-state index in [1.165, 1.54) is 18.2 Å². The molecule has 0 bridgehead atoms. The lowest BCUT2D eigenvalue weighted by Crippen LogP contribution is -2.04. The molecule has 0 atom stereocenters. The highest BCUT2D eigenvalue weighted by atomic mass is 79.9. The third kappa shape index (κ3) is 3.77. The Balaban J connectivity index is 2.09. The number of rotatable bonds is 5. The highest BCUT2D eigenvalue weighted by Crippen LogP contribution is 2.22. The fraction of sp³-hybridized carbons (Fsp3) is 0.200. The molecule has 0 amide bonds. The van der Waals surface area contributed by atoms with E-state index in [1.807, 2.05) is 0 Å². The number of hydrogen-bond donors (Lipinski definition) is 1. The zero-order valence-electron chi connectivity index (χ0n) is 10.7. The first-order valence-electron chi connectivity index (χ1n) is 6.15. The smallest absolute Gasteiger partial charge is 0.165 e. The van der Waals surface area contributed by atoms with E-state index < -0.39 is 5.82 Å². The Morgan fingerprint density at radius 1 is 1.05 bits per heavy atom. The lowest BCUT2D eigenvalue weighted by atomic mass is 10.1. The van der Waals surface area contributed by atoms with Crippen LogP contribution in [-0.4, -0.2) is 6.54 Å². The van der Waals surface area contributed by atoms with Gasteiger partial charge in [-0.15, -0.1) is 0 Å². The molecule has 2 rings (SSSR count). The normalized spacial score (nSPS) is 10.6. The number of nitrogens with two attached hydrogens (primary N) is 1. The minimum absolute atomic E-state index is 0.0293. The van der Waals surface area contributed by atoms with Crippen LogP contribution in [0.4, 0.5) is 8.78 Å². The molecule has 0 aliphatic heterocycles. The maximum absolute atomic E-state index is 13.8. The minimum Gasteiger partial charge on any atom is -0.486 e. The van der Waals surface area contributed by atoms with Crippen LogP contribution in [0.2, 0.25) is 0 Å². The van der Waals surface area contributed by atoms with Crippen LogP contribution in [0.1, 0.15) is 11.1 Å². The van der Waals surface area contributed by atoms with Gasteiger partial charge in [-0.1, -0.05) is 22.0 Å². The van der Waals surface area contributed by atoms with Gasteiger partial charge in [0.2, 0.25) is 0 Å². The van der Waals surface area contributed by atoms with Gasteiger partial charge in [0.1, 0.15) is 12.4 Å². The largest absolute Gasteiger partial charge is 0.486 e. The summed E-state index contributed by atoms with van der Waals surface area (Å²) in [5.74, 6) is -0.745. The fourth-order valence-electron chi connectivity index (χ4n) is 1.79. The molecule has 2 aromatic carbocycles. The summed E-state index contributed by atoms with van der Waals surface area (Å²) in [6, 6.07) is 9.22. The minimum atomic E-state index is -0.466. The van der Waals surface area contributed by atoms with Gasteiger partial charge in [-0.25, -0.2) is 8.78 Å². The SMILES string of the molecule is NCCc1ccc(OCc2cc(Br)ccc2F)c(F)c1. The predicted molar refractivity (Wildman–Crippen MR) is 77.6 cm³/mol. The van der Waals surface area contributed by atoms with Crippen LogP contribution in [0.25, 0.3) is 0 Å². The highest BCUT2D eigenvalue weighted by Gasteiger charge is 2.08. The van der Waals surface area contributed by atoms with Crippen molar-refractivity contribution in [2.75, 3.05) is 6.54 Å². The average Bonchev–Trinajstić information content (AvgIpc) is 2.42. The van der Waals surface area contributed by atoms with Crippen molar-refractivity contribution >= 4 is 15.9 Å². The molecule has 0 saturated heterocycles. The summed E-state index contributed by atoms with van der Waals surface area (Å²) in [7, 11) is 0. The van der Waals surface area contributed by atoms with E-state index in [0.29, 0.717) is 18.5 Å². The van der Waals surface area contributed by atoms with Crippen LogP contribution < -0.4 is 10.5 Å². The second-order valence-corrected chi connectivity index (χ2v) is 5.24. The summed E-state index contributed by atoms with van der Waals surface area (Å²) in [5.41, 5.74) is 6.59. The Bertz CT molecular complexity index is 604. The van der Waals surface area contributed by atoms with E-state index in [9.17, 15) is 8.78 Å². The van der Waals surface area contributed by atoms with E-state index in [4.69, 9.17) is 10.5 Å². The highest BCUT2D eigenvalue weighted by molar-refractivity contribution is 9.10. The van der Waals surface area contributed by atoms with E-state index in [2.05, 4.69) is 15.9 Å². The van der Waals surface area contributed by atoms with Crippen molar-refractivity contribution in [2.45, 2.75) is 13.0 Å². The van der Waals surface area contributed by atoms with Gasteiger partial charge in [0.05, 0.1) is 0 Å². The molecule has 20 heavy (non-hydrogen) atoms. The Morgan fingerprint density at radius 2 is 1.85 bits per heavy atom. The summed E-state index contributed by atoms with van der Waals surface area (Å²) in [4.78, 5) is 0. The van der Waals surface area contributed by atoms with E-state index in [-0.39, 0.29) is 18.2 Å². The maximum atomic E-state index is 13.8. The second-order valence-electron chi connectivity index (χ2n) is 4.33. The molecule has 0 spiro atoms. The monoisotopic (exact) mass is 341 g/mol. The third-order valence-corrected chi connectivity index (χ3v) is 3.31. The van der Waals surface area contributed by atoms with Crippen molar-refractivity contribution in [1.82, 2.24) is 0 Å². The van der Waals surface area contributed by atoms with Crippen LogP contribution in [-0.2, 0) is 13.0 Å². The first kappa shape index (κ1) is 14.9. The van der Waals surface area contributed by atoms with E-state index in [1.54, 1.807) is 18.2 Å². The summed E-state index contributed by atoms with van der Waals surface area (Å²) >= 11 is 3.26. The fourth-order valence-corrected chi connectivity index (χ4v) is 2.20. The molecule has 0 fully saturated rings. The van der Waals surface area contributed by atoms with Crippen molar-refractivity contribution in [3.63, 3.8) is 0 Å². The van der Waals surface area contributed by atoms with Crippen LogP contribution in [0.15, 0.2) is 40.9 Å². The molecule has 0 aliphatic rings. The zero-order chi connectivity index (χ0) is 14.5. The summed E-state index contributed by atoms with van der Waals surface area (Å²) in [6.07, 6.45) is 0.609. The van der Waals surface area contributed by atoms with Gasteiger partial charge in [0.15, 0.2) is 11.6 Å². The van der Waals surface area contributed by atoms with Gasteiger partial charge in [0.25, 0.3) is 0 Å². The first-order chi connectivity index (χ1) is 9.60. The van der Waals surface area contributed by atoms with Gasteiger partial charge in [-0.2, -0.15) is 0 Å². The van der Waals surface area contributed by atoms with Crippen molar-refractivity contribution in [1.29, 1.82) is 0 Å². The Hall–Kier alpha value is -1.46. The van der Waals surface area contributed by atoms with Gasteiger partial charge < -0.3 is 10.5 Å². The molecule has 2 N–H and O–H groups in total. The summed E-state index contributed by atoms with van der Waals surface area (Å²) in [5, 5.41) is 0. The van der Waals surface area contributed by atoms with Crippen molar-refractivity contribution < 1.29 is 13.5 Å². The first-order valence-corrected chi connectivity index (χ1v) is 6.94. The Labute approximate surface area is 124 Å². The van der Waals surface area contributed by atoms with Crippen LogP contribution in [0, 0.1) is 11.6 Å². The predicted octanol–water partition coefficient (Wildman–Crippen LogP) is 3.81. The second kappa shape index (κ2) is 6.81. The molecule has 0 aromatic heterocycles. The summed E-state index contributed by atoms with van der Waals surface area (Å²) < 4.78 is 33.4. The molecule has 0 unspecified atom stereocenters. The van der Waals surface area contributed by atoms with Crippen molar-refractivity contribution in [3.05, 3.63) is 63.6 Å². The molecule has 0 heterocycles. The van der Waals surface area contributed by atoms with Crippen LogP contribution >= 0.6 is 15.9 Å². The number of ether oxygens (including phenoxy) is 1. The molecule has 0 aliphatic carbocycles. The Morgan fingerprint density at radius 3 is 2.55 bits per heavy atom. The third-order valence-electron chi connectivity index (χ3n) is 2.82. The molecule has 2 nitrogen and oxygen atoms in total. The lowest BCUT2D eigenvalue weighted by molar-refractivity contribution is 0.284. The van der Waals surface area contributed by atoms with Gasteiger partial charge >= 0.3 is 0 Å². The molecule has 2 aromatic rings. The molecular weight excluding hydrogens is 328 g/mol. The molecule has 0 radical (unpaired) electrons. The number of benzene rings is 2. The standard InChI is InChI=1S/C15H14BrF2NO/c16-12-2-3-13(17)11(8-12)9-20-15-4-1-10(5-6-19)7-14(15)18/h1-4,7-8H,5-6,9,19H2. The van der Waals surface area contributed by atoms with Gasteiger partial charge in [0, 0.05) is 10.0 Å². The average molecular weight is 342 g/mol. The van der Waals surface area contributed by atoms with Crippen molar-refractivity contribution in [3.8, 4) is 5.75 Å². The molecule has 5 heteroatoms.